The van der Waals surface area contributed by atoms with Crippen molar-refractivity contribution in [2.75, 3.05) is 0 Å². The minimum atomic E-state index is 0.247. The zero-order chi connectivity index (χ0) is 12.1. The Morgan fingerprint density at radius 2 is 2.12 bits per heavy atom. The molecule has 0 saturated carbocycles. The summed E-state index contributed by atoms with van der Waals surface area (Å²) in [4.78, 5) is 12.1. The van der Waals surface area contributed by atoms with Crippen LogP contribution < -0.4 is 0 Å². The lowest BCUT2D eigenvalue weighted by Gasteiger charge is -2.10. The molecule has 1 atom stereocenters. The maximum atomic E-state index is 12.1. The molecule has 2 heteroatoms. The monoisotopic (exact) mass is 282 g/mol. The molecule has 16 heavy (non-hydrogen) atoms. The summed E-state index contributed by atoms with van der Waals surface area (Å²) >= 11 is 3.44. The molecule has 0 N–H and O–H groups in total. The van der Waals surface area contributed by atoms with Crippen LogP contribution in [0.3, 0.4) is 0 Å². The van der Waals surface area contributed by atoms with Gasteiger partial charge in [0.1, 0.15) is 0 Å². The number of hydrogen-bond donors (Lipinski definition) is 0. The Kier molecular flexibility index (Phi) is 5.20. The molecule has 0 amide bonds. The van der Waals surface area contributed by atoms with Gasteiger partial charge in [-0.15, -0.1) is 0 Å². The molecule has 0 heterocycles. The van der Waals surface area contributed by atoms with Gasteiger partial charge in [0.05, 0.1) is 0 Å². The van der Waals surface area contributed by atoms with E-state index in [-0.39, 0.29) is 5.78 Å². The van der Waals surface area contributed by atoms with E-state index in [2.05, 4.69) is 29.8 Å². The van der Waals surface area contributed by atoms with E-state index in [9.17, 15) is 4.79 Å². The van der Waals surface area contributed by atoms with Crippen molar-refractivity contribution in [2.45, 2.75) is 40.0 Å². The Balaban J connectivity index is 2.76. The quantitative estimate of drug-likeness (QED) is 0.711. The number of ketones is 1. The van der Waals surface area contributed by atoms with E-state index in [0.29, 0.717) is 12.3 Å². The molecule has 0 aliphatic rings. The summed E-state index contributed by atoms with van der Waals surface area (Å²) in [5.41, 5.74) is 1.96. The highest BCUT2D eigenvalue weighted by Gasteiger charge is 2.13. The molecule has 1 rings (SSSR count). The molecule has 0 spiro atoms. The van der Waals surface area contributed by atoms with Crippen LogP contribution in [0.2, 0.25) is 0 Å². The molecular formula is C14H19BrO. The maximum Gasteiger partial charge on any atom is 0.164 e. The number of halogens is 1. The first-order valence-corrected chi connectivity index (χ1v) is 6.63. The Morgan fingerprint density at radius 1 is 1.44 bits per heavy atom. The standard InChI is InChI=1S/C14H19BrO/c1-4-5-10(2)9-14(16)12-8-11(3)6-7-13(12)15/h6-8,10H,4-5,9H2,1-3H3. The van der Waals surface area contributed by atoms with Crippen LogP contribution in [0, 0.1) is 12.8 Å². The van der Waals surface area contributed by atoms with Gasteiger partial charge in [0.15, 0.2) is 5.78 Å². The smallest absolute Gasteiger partial charge is 0.164 e. The van der Waals surface area contributed by atoms with Crippen molar-refractivity contribution < 1.29 is 4.79 Å². The summed E-state index contributed by atoms with van der Waals surface area (Å²) < 4.78 is 0.909. The van der Waals surface area contributed by atoms with Gasteiger partial charge in [0.25, 0.3) is 0 Å². The normalized spacial score (nSPS) is 12.5. The number of aryl methyl sites for hydroxylation is 1. The van der Waals surface area contributed by atoms with Gasteiger partial charge in [-0.05, 0) is 25.0 Å². The highest BCUT2D eigenvalue weighted by atomic mass is 79.9. The maximum absolute atomic E-state index is 12.1. The van der Waals surface area contributed by atoms with Gasteiger partial charge in [0, 0.05) is 16.5 Å². The van der Waals surface area contributed by atoms with E-state index in [4.69, 9.17) is 0 Å². The van der Waals surface area contributed by atoms with Crippen LogP contribution in [0.15, 0.2) is 22.7 Å². The van der Waals surface area contributed by atoms with E-state index in [1.165, 1.54) is 0 Å². The number of Topliss-reactive ketones (excluding diaryl/α,β-unsaturated/α-hetero) is 1. The van der Waals surface area contributed by atoms with Crippen molar-refractivity contribution in [1.82, 2.24) is 0 Å². The zero-order valence-electron chi connectivity index (χ0n) is 10.2. The Morgan fingerprint density at radius 3 is 2.75 bits per heavy atom. The largest absolute Gasteiger partial charge is 0.294 e. The van der Waals surface area contributed by atoms with E-state index < -0.39 is 0 Å². The number of hydrogen-bond acceptors (Lipinski definition) is 1. The lowest BCUT2D eigenvalue weighted by molar-refractivity contribution is 0.0962. The number of carbonyl (C=O) groups is 1. The molecule has 1 unspecified atom stereocenters. The molecule has 0 bridgehead atoms. The van der Waals surface area contributed by atoms with Gasteiger partial charge in [-0.3, -0.25) is 4.79 Å². The lowest BCUT2D eigenvalue weighted by atomic mass is 9.95. The van der Waals surface area contributed by atoms with E-state index >= 15 is 0 Å². The summed E-state index contributed by atoms with van der Waals surface area (Å²) in [6, 6.07) is 5.93. The van der Waals surface area contributed by atoms with E-state index in [0.717, 1.165) is 28.4 Å². The molecular weight excluding hydrogens is 264 g/mol. The second kappa shape index (κ2) is 6.19. The summed E-state index contributed by atoms with van der Waals surface area (Å²) in [6.07, 6.45) is 2.91. The van der Waals surface area contributed by atoms with Crippen molar-refractivity contribution >= 4 is 21.7 Å². The summed E-state index contributed by atoms with van der Waals surface area (Å²) in [5.74, 6) is 0.724. The fourth-order valence-corrected chi connectivity index (χ4v) is 2.34. The fraction of sp³-hybridized carbons (Fsp3) is 0.500. The summed E-state index contributed by atoms with van der Waals surface area (Å²) in [6.45, 7) is 6.31. The van der Waals surface area contributed by atoms with E-state index in [1.807, 2.05) is 25.1 Å². The minimum Gasteiger partial charge on any atom is -0.294 e. The van der Waals surface area contributed by atoms with Crippen molar-refractivity contribution in [2.24, 2.45) is 5.92 Å². The van der Waals surface area contributed by atoms with Crippen molar-refractivity contribution in [3.8, 4) is 0 Å². The Bertz CT molecular complexity index is 371. The van der Waals surface area contributed by atoms with Gasteiger partial charge in [0.2, 0.25) is 0 Å². The van der Waals surface area contributed by atoms with Crippen LogP contribution in [0.1, 0.15) is 49.0 Å². The molecule has 0 radical (unpaired) electrons. The number of rotatable bonds is 5. The lowest BCUT2D eigenvalue weighted by Crippen LogP contribution is -2.07. The molecule has 0 aliphatic heterocycles. The molecule has 0 fully saturated rings. The molecule has 0 aliphatic carbocycles. The highest BCUT2D eigenvalue weighted by Crippen LogP contribution is 2.22. The molecule has 0 aromatic heterocycles. The van der Waals surface area contributed by atoms with Crippen molar-refractivity contribution in [3.05, 3.63) is 33.8 Å². The average Bonchev–Trinajstić information content (AvgIpc) is 2.21. The van der Waals surface area contributed by atoms with Crippen LogP contribution >= 0.6 is 15.9 Å². The zero-order valence-corrected chi connectivity index (χ0v) is 11.8. The van der Waals surface area contributed by atoms with E-state index in [1.54, 1.807) is 0 Å². The first-order valence-electron chi connectivity index (χ1n) is 5.84. The van der Waals surface area contributed by atoms with Crippen LogP contribution in [0.25, 0.3) is 0 Å². The molecule has 1 aromatic rings. The van der Waals surface area contributed by atoms with Gasteiger partial charge >= 0.3 is 0 Å². The molecule has 88 valence electrons. The third-order valence-electron chi connectivity index (χ3n) is 2.74. The summed E-state index contributed by atoms with van der Waals surface area (Å²) in [5, 5.41) is 0. The Hall–Kier alpha value is -0.630. The Labute approximate surface area is 106 Å². The van der Waals surface area contributed by atoms with Gasteiger partial charge < -0.3 is 0 Å². The van der Waals surface area contributed by atoms with Crippen LogP contribution in [0.5, 0.6) is 0 Å². The van der Waals surface area contributed by atoms with Gasteiger partial charge in [-0.25, -0.2) is 0 Å². The molecule has 1 nitrogen and oxygen atoms in total. The second-order valence-electron chi connectivity index (χ2n) is 4.50. The third-order valence-corrected chi connectivity index (χ3v) is 3.43. The predicted molar refractivity (Wildman–Crippen MR) is 71.9 cm³/mol. The average molecular weight is 283 g/mol. The number of carbonyl (C=O) groups excluding carboxylic acids is 1. The topological polar surface area (TPSA) is 17.1 Å². The number of benzene rings is 1. The van der Waals surface area contributed by atoms with Gasteiger partial charge in [-0.1, -0.05) is 54.2 Å². The second-order valence-corrected chi connectivity index (χ2v) is 5.36. The first kappa shape index (κ1) is 13.4. The summed E-state index contributed by atoms with van der Waals surface area (Å²) in [7, 11) is 0. The first-order chi connectivity index (χ1) is 7.54. The van der Waals surface area contributed by atoms with Crippen LogP contribution in [0.4, 0.5) is 0 Å². The SMILES string of the molecule is CCCC(C)CC(=O)c1cc(C)ccc1Br. The van der Waals surface area contributed by atoms with Crippen LogP contribution in [-0.2, 0) is 0 Å². The highest BCUT2D eigenvalue weighted by molar-refractivity contribution is 9.10. The minimum absolute atomic E-state index is 0.247. The molecule has 0 saturated heterocycles. The third kappa shape index (κ3) is 3.75. The van der Waals surface area contributed by atoms with Gasteiger partial charge in [-0.2, -0.15) is 0 Å². The fourth-order valence-electron chi connectivity index (χ4n) is 1.87. The van der Waals surface area contributed by atoms with Crippen molar-refractivity contribution in [1.29, 1.82) is 0 Å². The van der Waals surface area contributed by atoms with Crippen LogP contribution in [-0.4, -0.2) is 5.78 Å². The molecule has 1 aromatic carbocycles. The predicted octanol–water partition coefficient (Wildman–Crippen LogP) is 4.77. The van der Waals surface area contributed by atoms with Crippen molar-refractivity contribution in [3.63, 3.8) is 0 Å².